The number of nitrogens with zero attached hydrogens (tertiary/aromatic N) is 4. The van der Waals surface area contributed by atoms with E-state index in [9.17, 15) is 10.0 Å². The van der Waals surface area contributed by atoms with Crippen molar-refractivity contribution in [2.24, 2.45) is 5.92 Å². The smallest absolute Gasteiger partial charge is 0.271 e. The fourth-order valence-electron chi connectivity index (χ4n) is 4.86. The highest BCUT2D eigenvalue weighted by molar-refractivity contribution is 5.67. The molecule has 6 heteroatoms. The SMILES string of the molecule is C[N@+]1([O-])C[C@H]2CCN(c3ccc(-c4ccc(-n5ncccc5=O)cc4)cc3)[C@H]2C1. The van der Waals surface area contributed by atoms with E-state index in [1.54, 1.807) is 19.3 Å². The van der Waals surface area contributed by atoms with Gasteiger partial charge in [0.05, 0.1) is 31.9 Å². The summed E-state index contributed by atoms with van der Waals surface area (Å²) < 4.78 is 1.27. The van der Waals surface area contributed by atoms with E-state index >= 15 is 0 Å². The molecule has 2 saturated heterocycles. The van der Waals surface area contributed by atoms with E-state index in [1.165, 1.54) is 16.4 Å². The van der Waals surface area contributed by atoms with Gasteiger partial charge in [-0.25, -0.2) is 0 Å². The van der Waals surface area contributed by atoms with Crippen molar-refractivity contribution in [3.63, 3.8) is 0 Å². The number of anilines is 1. The summed E-state index contributed by atoms with van der Waals surface area (Å²) in [4.78, 5) is 14.3. The summed E-state index contributed by atoms with van der Waals surface area (Å²) in [6.45, 7) is 2.45. The zero-order valence-corrected chi connectivity index (χ0v) is 16.4. The number of benzene rings is 2. The van der Waals surface area contributed by atoms with Crippen LogP contribution in [0.3, 0.4) is 0 Å². The molecule has 0 N–H and O–H groups in total. The molecule has 148 valence electrons. The van der Waals surface area contributed by atoms with Gasteiger partial charge in [0, 0.05) is 30.4 Å². The first-order chi connectivity index (χ1) is 14.0. The molecule has 2 aliphatic heterocycles. The van der Waals surface area contributed by atoms with Crippen molar-refractivity contribution in [2.45, 2.75) is 12.5 Å². The third kappa shape index (κ3) is 3.34. The predicted molar refractivity (Wildman–Crippen MR) is 114 cm³/mol. The monoisotopic (exact) mass is 388 g/mol. The number of hydrogen-bond donors (Lipinski definition) is 0. The number of likely N-dealkylation sites (tertiary alicyclic amines) is 1. The zero-order valence-electron chi connectivity index (χ0n) is 16.4. The van der Waals surface area contributed by atoms with Gasteiger partial charge in [0.15, 0.2) is 0 Å². The Hall–Kier alpha value is -2.96. The molecular weight excluding hydrogens is 364 g/mol. The molecule has 3 heterocycles. The molecule has 5 rings (SSSR count). The summed E-state index contributed by atoms with van der Waals surface area (Å²) >= 11 is 0. The van der Waals surface area contributed by atoms with Crippen LogP contribution in [0.1, 0.15) is 6.42 Å². The summed E-state index contributed by atoms with van der Waals surface area (Å²) in [6, 6.07) is 19.9. The zero-order chi connectivity index (χ0) is 20.0. The number of aromatic nitrogens is 2. The van der Waals surface area contributed by atoms with Crippen LogP contribution in [0.5, 0.6) is 0 Å². The van der Waals surface area contributed by atoms with Crippen LogP contribution in [0.4, 0.5) is 5.69 Å². The molecule has 0 radical (unpaired) electrons. The van der Waals surface area contributed by atoms with E-state index in [0.29, 0.717) is 18.5 Å². The van der Waals surface area contributed by atoms with E-state index in [1.807, 2.05) is 24.3 Å². The van der Waals surface area contributed by atoms with Gasteiger partial charge in [-0.15, -0.1) is 0 Å². The molecular formula is C23H24N4O2. The van der Waals surface area contributed by atoms with Gasteiger partial charge < -0.3 is 14.8 Å². The van der Waals surface area contributed by atoms with Crippen LogP contribution in [0, 0.1) is 11.1 Å². The summed E-state index contributed by atoms with van der Waals surface area (Å²) in [5, 5.41) is 16.5. The minimum Gasteiger partial charge on any atom is -0.633 e. The molecule has 3 atom stereocenters. The van der Waals surface area contributed by atoms with Crippen LogP contribution in [-0.2, 0) is 0 Å². The van der Waals surface area contributed by atoms with Gasteiger partial charge in [0.1, 0.15) is 0 Å². The van der Waals surface area contributed by atoms with E-state index in [2.05, 4.69) is 34.3 Å². The van der Waals surface area contributed by atoms with Gasteiger partial charge in [-0.1, -0.05) is 24.3 Å². The summed E-state index contributed by atoms with van der Waals surface area (Å²) in [6.07, 6.45) is 2.71. The molecule has 2 aliphatic rings. The number of hydrogen-bond acceptors (Lipinski definition) is 4. The molecule has 0 spiro atoms. The molecule has 0 unspecified atom stereocenters. The quantitative estimate of drug-likeness (QED) is 0.511. The van der Waals surface area contributed by atoms with Gasteiger partial charge >= 0.3 is 0 Å². The first kappa shape index (κ1) is 18.1. The van der Waals surface area contributed by atoms with Crippen molar-refractivity contribution in [3.8, 4) is 16.8 Å². The summed E-state index contributed by atoms with van der Waals surface area (Å²) in [7, 11) is 1.79. The largest absolute Gasteiger partial charge is 0.633 e. The third-order valence-electron chi connectivity index (χ3n) is 6.24. The summed E-state index contributed by atoms with van der Waals surface area (Å²) in [5.74, 6) is 0.514. The Morgan fingerprint density at radius 2 is 1.62 bits per heavy atom. The Balaban J connectivity index is 1.36. The normalized spacial score (nSPS) is 25.9. The fourth-order valence-corrected chi connectivity index (χ4v) is 4.86. The molecule has 1 aromatic heterocycles. The van der Waals surface area contributed by atoms with E-state index in [-0.39, 0.29) is 10.2 Å². The molecule has 29 heavy (non-hydrogen) atoms. The molecule has 0 amide bonds. The highest BCUT2D eigenvalue weighted by Gasteiger charge is 2.45. The summed E-state index contributed by atoms with van der Waals surface area (Å²) in [5.41, 5.74) is 4.01. The fraction of sp³-hybridized carbons (Fsp3) is 0.304. The Morgan fingerprint density at radius 1 is 0.966 bits per heavy atom. The molecule has 2 aromatic carbocycles. The van der Waals surface area contributed by atoms with Gasteiger partial charge in [-0.3, -0.25) is 4.79 Å². The maximum Gasteiger partial charge on any atom is 0.271 e. The Kier molecular flexibility index (Phi) is 4.26. The van der Waals surface area contributed by atoms with Gasteiger partial charge in [-0.05, 0) is 47.9 Å². The van der Waals surface area contributed by atoms with E-state index < -0.39 is 0 Å². The average Bonchev–Trinajstić information content (AvgIpc) is 3.24. The first-order valence-corrected chi connectivity index (χ1v) is 10.1. The molecule has 6 nitrogen and oxygen atoms in total. The Bertz CT molecular complexity index is 1070. The van der Waals surface area contributed by atoms with Crippen molar-refractivity contribution in [2.75, 3.05) is 31.6 Å². The van der Waals surface area contributed by atoms with Crippen LogP contribution in [-0.4, -0.2) is 47.2 Å². The second-order valence-electron chi connectivity index (χ2n) is 8.34. The number of quaternary nitrogens is 1. The Labute approximate surface area is 169 Å². The van der Waals surface area contributed by atoms with E-state index in [0.717, 1.165) is 36.3 Å². The average molecular weight is 388 g/mol. The Morgan fingerprint density at radius 3 is 2.28 bits per heavy atom. The van der Waals surface area contributed by atoms with Crippen molar-refractivity contribution in [1.82, 2.24) is 9.78 Å². The van der Waals surface area contributed by atoms with Crippen molar-refractivity contribution < 1.29 is 4.65 Å². The highest BCUT2D eigenvalue weighted by atomic mass is 16.5. The lowest BCUT2D eigenvalue weighted by atomic mass is 10.0. The van der Waals surface area contributed by atoms with Crippen molar-refractivity contribution >= 4 is 5.69 Å². The molecule has 0 bridgehead atoms. The number of hydroxylamine groups is 3. The molecule has 0 aliphatic carbocycles. The van der Waals surface area contributed by atoms with Crippen molar-refractivity contribution in [3.05, 3.63) is 82.4 Å². The lowest BCUT2D eigenvalue weighted by Crippen LogP contribution is -2.40. The lowest BCUT2D eigenvalue weighted by Gasteiger charge is -2.36. The van der Waals surface area contributed by atoms with Crippen LogP contribution < -0.4 is 10.5 Å². The lowest BCUT2D eigenvalue weighted by molar-refractivity contribution is -0.849. The highest BCUT2D eigenvalue weighted by Crippen LogP contribution is 2.37. The second-order valence-corrected chi connectivity index (χ2v) is 8.34. The van der Waals surface area contributed by atoms with Gasteiger partial charge in [0.2, 0.25) is 0 Å². The number of likely N-dealkylation sites (N-methyl/N-ethyl adjacent to an activating group) is 1. The van der Waals surface area contributed by atoms with Crippen LogP contribution in [0.15, 0.2) is 71.7 Å². The topological polar surface area (TPSA) is 61.2 Å². The third-order valence-corrected chi connectivity index (χ3v) is 6.24. The van der Waals surface area contributed by atoms with Crippen molar-refractivity contribution in [1.29, 1.82) is 0 Å². The molecule has 0 saturated carbocycles. The predicted octanol–water partition coefficient (Wildman–Crippen LogP) is 3.05. The number of rotatable bonds is 3. The van der Waals surface area contributed by atoms with Gasteiger partial charge in [-0.2, -0.15) is 9.78 Å². The van der Waals surface area contributed by atoms with Gasteiger partial charge in [0.25, 0.3) is 5.56 Å². The maximum atomic E-state index is 12.4. The van der Waals surface area contributed by atoms with Crippen LogP contribution >= 0.6 is 0 Å². The van der Waals surface area contributed by atoms with E-state index in [4.69, 9.17) is 0 Å². The van der Waals surface area contributed by atoms with Crippen LogP contribution in [0.2, 0.25) is 0 Å². The maximum absolute atomic E-state index is 12.4. The molecule has 3 aromatic rings. The second kappa shape index (κ2) is 6.83. The minimum absolute atomic E-state index is 0.115. The number of fused-ring (bicyclic) bond motifs is 1. The standard InChI is InChI=1S/C23H24N4O2/c1-27(29)15-19-12-14-25(22(19)16-27)20-8-4-17(5-9-20)18-6-10-21(11-7-18)26-23(28)3-2-13-24-26/h2-11,13,19,22H,12,14-16H2,1H3/t19-,22+,27+/m1/s1. The molecule has 2 fully saturated rings. The minimum atomic E-state index is -0.145. The first-order valence-electron chi connectivity index (χ1n) is 10.1. The van der Waals surface area contributed by atoms with Crippen LogP contribution in [0.25, 0.3) is 16.8 Å².